The largest absolute Gasteiger partial charge is 0.489 e. The minimum absolute atomic E-state index is 0.0770. The Labute approximate surface area is 200 Å². The van der Waals surface area contributed by atoms with Crippen molar-refractivity contribution in [1.29, 1.82) is 0 Å². The number of aliphatic carboxylic acids is 1. The lowest BCUT2D eigenvalue weighted by Gasteiger charge is -2.53. The van der Waals surface area contributed by atoms with Crippen LogP contribution in [0.2, 0.25) is 0 Å². The number of nitrogens with one attached hydrogen (secondary N) is 1. The Kier molecular flexibility index (Phi) is 6.24. The Hall–Kier alpha value is -3.02. The van der Waals surface area contributed by atoms with E-state index in [4.69, 9.17) is 9.47 Å². The number of hydrogen-bond donors (Lipinski definition) is 2. The summed E-state index contributed by atoms with van der Waals surface area (Å²) in [5.41, 5.74) is 0.411. The van der Waals surface area contributed by atoms with Crippen molar-refractivity contribution in [2.24, 2.45) is 23.7 Å². The third-order valence-electron chi connectivity index (χ3n) is 7.96. The van der Waals surface area contributed by atoms with E-state index in [9.17, 15) is 14.7 Å². The summed E-state index contributed by atoms with van der Waals surface area (Å²) in [5.74, 6) is 2.06. The van der Waals surface area contributed by atoms with Gasteiger partial charge in [0, 0.05) is 6.42 Å². The molecule has 4 fully saturated rings. The molecule has 0 heterocycles. The van der Waals surface area contributed by atoms with Crippen LogP contribution in [0.1, 0.15) is 50.2 Å². The Morgan fingerprint density at radius 2 is 1.53 bits per heavy atom. The summed E-state index contributed by atoms with van der Waals surface area (Å²) in [6.07, 6.45) is 5.34. The van der Waals surface area contributed by atoms with Crippen LogP contribution >= 0.6 is 0 Å². The molecule has 0 radical (unpaired) electrons. The molecule has 180 valence electrons. The molecule has 1 amide bonds. The number of hydrogen-bond acceptors (Lipinski definition) is 4. The van der Waals surface area contributed by atoms with Gasteiger partial charge in [-0.15, -0.1) is 0 Å². The van der Waals surface area contributed by atoms with Crippen LogP contribution in [0.15, 0.2) is 54.6 Å². The Balaban J connectivity index is 1.18. The number of rotatable bonds is 8. The topological polar surface area (TPSA) is 84.9 Å². The first-order valence-corrected chi connectivity index (χ1v) is 12.4. The van der Waals surface area contributed by atoms with Gasteiger partial charge in [-0.1, -0.05) is 42.5 Å². The molecule has 0 unspecified atom stereocenters. The van der Waals surface area contributed by atoms with E-state index in [1.165, 1.54) is 13.3 Å². The molecular weight excluding hydrogens is 430 g/mol. The molecule has 0 spiro atoms. The lowest BCUT2D eigenvalue weighted by atomic mass is 9.55. The first kappa shape index (κ1) is 22.8. The molecule has 2 aromatic rings. The summed E-state index contributed by atoms with van der Waals surface area (Å²) >= 11 is 0. The zero-order valence-corrected chi connectivity index (χ0v) is 19.6. The number of ether oxygens (including phenoxy) is 2. The summed E-state index contributed by atoms with van der Waals surface area (Å²) in [6, 6.07) is 17.2. The summed E-state index contributed by atoms with van der Waals surface area (Å²) in [7, 11) is 0. The highest BCUT2D eigenvalue weighted by molar-refractivity contribution is 5.84. The quantitative estimate of drug-likeness (QED) is 0.562. The first-order valence-electron chi connectivity index (χ1n) is 12.4. The van der Waals surface area contributed by atoms with Crippen molar-refractivity contribution in [2.75, 3.05) is 0 Å². The van der Waals surface area contributed by atoms with E-state index < -0.39 is 17.6 Å². The van der Waals surface area contributed by atoms with Gasteiger partial charge in [0.05, 0.1) is 0 Å². The van der Waals surface area contributed by atoms with E-state index in [-0.39, 0.29) is 12.5 Å². The van der Waals surface area contributed by atoms with Crippen LogP contribution in [0.5, 0.6) is 5.75 Å². The predicted octanol–water partition coefficient (Wildman–Crippen LogP) is 5.20. The Morgan fingerprint density at radius 1 is 0.912 bits per heavy atom. The highest BCUT2D eigenvalue weighted by Gasteiger charge is 2.50. The number of benzene rings is 2. The Bertz CT molecular complexity index is 993. The second kappa shape index (κ2) is 9.32. The summed E-state index contributed by atoms with van der Waals surface area (Å²) in [4.78, 5) is 24.9. The van der Waals surface area contributed by atoms with Gasteiger partial charge in [0.15, 0.2) is 0 Å². The molecule has 1 atom stereocenters. The third kappa shape index (κ3) is 4.91. The molecule has 4 aliphatic carbocycles. The van der Waals surface area contributed by atoms with E-state index in [2.05, 4.69) is 5.32 Å². The molecule has 34 heavy (non-hydrogen) atoms. The molecule has 2 N–H and O–H groups in total. The fraction of sp³-hybridized carbons (Fsp3) is 0.500. The van der Waals surface area contributed by atoms with E-state index in [1.807, 2.05) is 54.6 Å². The average molecular weight is 464 g/mol. The molecule has 0 aliphatic heterocycles. The monoisotopic (exact) mass is 463 g/mol. The maximum absolute atomic E-state index is 12.8. The molecule has 0 aromatic heterocycles. The van der Waals surface area contributed by atoms with E-state index in [0.29, 0.717) is 24.2 Å². The van der Waals surface area contributed by atoms with Crippen LogP contribution in [0.25, 0.3) is 0 Å². The second-order valence-electron chi connectivity index (χ2n) is 10.7. The van der Waals surface area contributed by atoms with Crippen molar-refractivity contribution in [2.45, 2.75) is 63.7 Å². The van der Waals surface area contributed by atoms with Gasteiger partial charge in [0.25, 0.3) is 0 Å². The lowest BCUT2D eigenvalue weighted by molar-refractivity contribution is -0.144. The van der Waals surface area contributed by atoms with Crippen LogP contribution in [0.4, 0.5) is 4.79 Å². The molecule has 4 aliphatic rings. The maximum atomic E-state index is 12.8. The van der Waals surface area contributed by atoms with Crippen LogP contribution < -0.4 is 10.1 Å². The number of carboxylic acid groups (broad SMARTS) is 1. The number of amides is 1. The van der Waals surface area contributed by atoms with E-state index in [1.54, 1.807) is 0 Å². The zero-order chi connectivity index (χ0) is 23.7. The summed E-state index contributed by atoms with van der Waals surface area (Å²) in [6.45, 7) is 2.00. The molecule has 6 nitrogen and oxygen atoms in total. The van der Waals surface area contributed by atoms with Gasteiger partial charge in [0.2, 0.25) is 0 Å². The third-order valence-corrected chi connectivity index (χ3v) is 7.96. The van der Waals surface area contributed by atoms with Crippen LogP contribution in [-0.4, -0.2) is 28.8 Å². The molecule has 2 aromatic carbocycles. The molecule has 6 rings (SSSR count). The van der Waals surface area contributed by atoms with Gasteiger partial charge in [-0.2, -0.15) is 0 Å². The van der Waals surface area contributed by atoms with Crippen molar-refractivity contribution in [3.8, 4) is 5.75 Å². The van der Waals surface area contributed by atoms with E-state index >= 15 is 0 Å². The summed E-state index contributed by atoms with van der Waals surface area (Å²) in [5, 5.41) is 12.6. The second-order valence-corrected chi connectivity index (χ2v) is 10.7. The van der Waals surface area contributed by atoms with Gasteiger partial charge >= 0.3 is 12.1 Å². The van der Waals surface area contributed by atoms with Gasteiger partial charge < -0.3 is 19.9 Å². The van der Waals surface area contributed by atoms with E-state index in [0.717, 1.165) is 48.6 Å². The van der Waals surface area contributed by atoms with Crippen molar-refractivity contribution >= 4 is 12.1 Å². The van der Waals surface area contributed by atoms with Crippen molar-refractivity contribution in [3.05, 3.63) is 65.7 Å². The van der Waals surface area contributed by atoms with Crippen LogP contribution in [0, 0.1) is 23.7 Å². The SMILES string of the molecule is C[C@](Cc1ccc(OCc2ccccc2)cc1)(NC(=O)OC1C2CC3CC(C2)CC1C3)C(=O)O. The predicted molar refractivity (Wildman–Crippen MR) is 127 cm³/mol. The molecule has 4 saturated carbocycles. The molecule has 0 saturated heterocycles. The van der Waals surface area contributed by atoms with Crippen molar-refractivity contribution in [3.63, 3.8) is 0 Å². The van der Waals surface area contributed by atoms with Gasteiger partial charge in [-0.3, -0.25) is 0 Å². The summed E-state index contributed by atoms with van der Waals surface area (Å²) < 4.78 is 11.7. The van der Waals surface area contributed by atoms with Crippen molar-refractivity contribution < 1.29 is 24.2 Å². The zero-order valence-electron chi connectivity index (χ0n) is 19.6. The van der Waals surface area contributed by atoms with Crippen LogP contribution in [0.3, 0.4) is 0 Å². The highest BCUT2D eigenvalue weighted by atomic mass is 16.6. The number of alkyl carbamates (subject to hydrolysis) is 1. The minimum atomic E-state index is -1.46. The average Bonchev–Trinajstić information content (AvgIpc) is 2.81. The normalized spacial score (nSPS) is 28.7. The lowest BCUT2D eigenvalue weighted by Crippen LogP contribution is -2.56. The van der Waals surface area contributed by atoms with Crippen LogP contribution in [-0.2, 0) is 22.6 Å². The molecular formula is C28H33NO5. The number of carboxylic acids is 1. The highest BCUT2D eigenvalue weighted by Crippen LogP contribution is 2.54. The number of carbonyl (C=O) groups is 2. The van der Waals surface area contributed by atoms with Gasteiger partial charge in [0.1, 0.15) is 24.0 Å². The fourth-order valence-electron chi connectivity index (χ4n) is 6.47. The standard InChI is InChI=1S/C28H33NO5/c1-28(26(30)31,16-18-7-9-24(10-8-18)33-17-19-5-3-2-4-6-19)29-27(32)34-25-22-12-20-11-21(14-22)15-23(25)13-20/h2-10,20-23,25H,11-17H2,1H3,(H,29,32)(H,30,31)/t20?,21?,22?,23?,25?,28-/m1/s1. The minimum Gasteiger partial charge on any atom is -0.489 e. The number of carbonyl (C=O) groups excluding carboxylic acids is 1. The fourth-order valence-corrected chi connectivity index (χ4v) is 6.47. The first-order chi connectivity index (χ1) is 16.4. The Morgan fingerprint density at radius 3 is 2.12 bits per heavy atom. The molecule has 4 bridgehead atoms. The molecule has 6 heteroatoms. The van der Waals surface area contributed by atoms with Crippen molar-refractivity contribution in [1.82, 2.24) is 5.32 Å². The maximum Gasteiger partial charge on any atom is 0.408 e. The van der Waals surface area contributed by atoms with Gasteiger partial charge in [-0.05, 0) is 86.0 Å². The smallest absolute Gasteiger partial charge is 0.408 e. The van der Waals surface area contributed by atoms with Gasteiger partial charge in [-0.25, -0.2) is 9.59 Å².